The van der Waals surface area contributed by atoms with E-state index >= 15 is 0 Å². The fourth-order valence-corrected chi connectivity index (χ4v) is 2.07. The fourth-order valence-electron chi connectivity index (χ4n) is 1.31. The molecular formula is C10H10N2OS. The summed E-state index contributed by atoms with van der Waals surface area (Å²) in [5, 5.41) is 0. The van der Waals surface area contributed by atoms with E-state index in [1.54, 1.807) is 0 Å². The number of fused-ring (bicyclic) bond motifs is 1. The average molecular weight is 206 g/mol. The highest BCUT2D eigenvalue weighted by molar-refractivity contribution is 7.97. The molecule has 2 rings (SSSR count). The Morgan fingerprint density at radius 2 is 2.21 bits per heavy atom. The van der Waals surface area contributed by atoms with Crippen LogP contribution < -0.4 is 10.5 Å². The van der Waals surface area contributed by atoms with Gasteiger partial charge in [-0.05, 0) is 29.7 Å². The molecule has 0 fully saturated rings. The van der Waals surface area contributed by atoms with E-state index in [9.17, 15) is 4.79 Å². The molecule has 3 N–H and O–H groups in total. The number of nitrogens with one attached hydrogen (secondary N) is 1. The molecule has 0 spiro atoms. The van der Waals surface area contributed by atoms with Crippen molar-refractivity contribution in [3.05, 3.63) is 35.5 Å². The molecule has 1 aliphatic rings. The number of primary amides is 1. The minimum absolute atomic E-state index is 0.265. The van der Waals surface area contributed by atoms with Gasteiger partial charge in [-0.25, -0.2) is 0 Å². The summed E-state index contributed by atoms with van der Waals surface area (Å²) >= 11 is 1.51. The first-order chi connectivity index (χ1) is 6.75. The lowest BCUT2D eigenvalue weighted by molar-refractivity contribution is -0.117. The monoisotopic (exact) mass is 206 g/mol. The van der Waals surface area contributed by atoms with E-state index in [4.69, 9.17) is 5.73 Å². The lowest BCUT2D eigenvalue weighted by Crippen LogP contribution is -2.17. The Bertz CT molecular complexity index is 401. The van der Waals surface area contributed by atoms with Crippen molar-refractivity contribution in [3.8, 4) is 0 Å². The van der Waals surface area contributed by atoms with E-state index < -0.39 is 0 Å². The fraction of sp³-hybridized carbons (Fsp3) is 0.100. The number of carbonyl (C=O) groups excluding carboxylic acids is 1. The normalized spacial score (nSPS) is 13.9. The van der Waals surface area contributed by atoms with Gasteiger partial charge in [-0.3, -0.25) is 4.79 Å². The molecule has 1 aliphatic heterocycles. The molecule has 0 aliphatic carbocycles. The Balaban J connectivity index is 2.26. The zero-order valence-corrected chi connectivity index (χ0v) is 8.30. The van der Waals surface area contributed by atoms with Gasteiger partial charge in [0.25, 0.3) is 0 Å². The molecule has 0 radical (unpaired) electrons. The van der Waals surface area contributed by atoms with E-state index in [0.717, 1.165) is 11.3 Å². The minimum Gasteiger partial charge on any atom is -0.369 e. The van der Waals surface area contributed by atoms with Crippen molar-refractivity contribution in [1.82, 2.24) is 4.72 Å². The van der Waals surface area contributed by atoms with E-state index in [1.807, 2.05) is 30.3 Å². The topological polar surface area (TPSA) is 55.1 Å². The Labute approximate surface area is 86.5 Å². The van der Waals surface area contributed by atoms with Crippen molar-refractivity contribution in [2.24, 2.45) is 5.73 Å². The van der Waals surface area contributed by atoms with Crippen molar-refractivity contribution >= 4 is 23.9 Å². The van der Waals surface area contributed by atoms with Gasteiger partial charge in [0.1, 0.15) is 0 Å². The third-order valence-electron chi connectivity index (χ3n) is 1.91. The highest BCUT2D eigenvalue weighted by atomic mass is 32.2. The summed E-state index contributed by atoms with van der Waals surface area (Å²) in [5.41, 5.74) is 7.11. The number of benzene rings is 1. The van der Waals surface area contributed by atoms with E-state index in [1.165, 1.54) is 16.8 Å². The maximum atomic E-state index is 10.7. The molecular weight excluding hydrogens is 196 g/mol. The molecule has 0 saturated heterocycles. The molecule has 0 aromatic heterocycles. The van der Waals surface area contributed by atoms with Crippen LogP contribution >= 0.6 is 11.9 Å². The van der Waals surface area contributed by atoms with Gasteiger partial charge in [0.05, 0.1) is 6.42 Å². The lowest BCUT2D eigenvalue weighted by atomic mass is 10.1. The van der Waals surface area contributed by atoms with Gasteiger partial charge >= 0.3 is 0 Å². The molecule has 4 heteroatoms. The summed E-state index contributed by atoms with van der Waals surface area (Å²) < 4.78 is 3.08. The molecule has 72 valence electrons. The Morgan fingerprint density at radius 1 is 1.43 bits per heavy atom. The minimum atomic E-state index is -0.316. The van der Waals surface area contributed by atoms with Crippen LogP contribution in [0.1, 0.15) is 12.0 Å². The van der Waals surface area contributed by atoms with Gasteiger partial charge in [-0.1, -0.05) is 18.2 Å². The molecule has 0 bridgehead atoms. The predicted octanol–water partition coefficient (Wildman–Crippen LogP) is 1.51. The van der Waals surface area contributed by atoms with E-state index in [0.29, 0.717) is 0 Å². The Morgan fingerprint density at radius 3 is 3.00 bits per heavy atom. The molecule has 3 nitrogen and oxygen atoms in total. The summed E-state index contributed by atoms with van der Waals surface area (Å²) in [5.74, 6) is -0.316. The Kier molecular flexibility index (Phi) is 2.45. The molecule has 1 aromatic carbocycles. The van der Waals surface area contributed by atoms with Crippen molar-refractivity contribution in [1.29, 1.82) is 0 Å². The van der Waals surface area contributed by atoms with Crippen LogP contribution in [0.5, 0.6) is 0 Å². The van der Waals surface area contributed by atoms with Crippen LogP contribution in [0.2, 0.25) is 0 Å². The molecule has 14 heavy (non-hydrogen) atoms. The van der Waals surface area contributed by atoms with Crippen LogP contribution in [-0.4, -0.2) is 5.91 Å². The predicted molar refractivity (Wildman–Crippen MR) is 57.2 cm³/mol. The van der Waals surface area contributed by atoms with E-state index in [-0.39, 0.29) is 12.3 Å². The number of carbonyl (C=O) groups is 1. The average Bonchev–Trinajstić information content (AvgIpc) is 2.17. The largest absolute Gasteiger partial charge is 0.369 e. The molecule has 1 aromatic rings. The van der Waals surface area contributed by atoms with Crippen molar-refractivity contribution in [2.45, 2.75) is 11.3 Å². The van der Waals surface area contributed by atoms with Gasteiger partial charge in [0.15, 0.2) is 0 Å². The number of nitrogens with two attached hydrogens (primary N) is 1. The zero-order chi connectivity index (χ0) is 9.97. The van der Waals surface area contributed by atoms with Crippen LogP contribution in [0.4, 0.5) is 0 Å². The lowest BCUT2D eigenvalue weighted by Gasteiger charge is -2.16. The first-order valence-electron chi connectivity index (χ1n) is 4.26. The van der Waals surface area contributed by atoms with E-state index in [2.05, 4.69) is 4.72 Å². The van der Waals surface area contributed by atoms with Crippen molar-refractivity contribution in [2.75, 3.05) is 0 Å². The van der Waals surface area contributed by atoms with Gasteiger partial charge in [0.2, 0.25) is 5.91 Å². The van der Waals surface area contributed by atoms with Crippen LogP contribution in [0.3, 0.4) is 0 Å². The maximum Gasteiger partial charge on any atom is 0.223 e. The highest BCUT2D eigenvalue weighted by Gasteiger charge is 2.10. The molecule has 1 amide bonds. The van der Waals surface area contributed by atoms with Crippen molar-refractivity contribution < 1.29 is 4.79 Å². The third kappa shape index (κ3) is 1.90. The van der Waals surface area contributed by atoms with Crippen LogP contribution in [0, 0.1) is 0 Å². The smallest absolute Gasteiger partial charge is 0.223 e. The van der Waals surface area contributed by atoms with Crippen molar-refractivity contribution in [3.63, 3.8) is 0 Å². The highest BCUT2D eigenvalue weighted by Crippen LogP contribution is 2.28. The maximum absolute atomic E-state index is 10.7. The van der Waals surface area contributed by atoms with Crippen LogP contribution in [0.25, 0.3) is 6.08 Å². The number of hydrogen-bond acceptors (Lipinski definition) is 3. The van der Waals surface area contributed by atoms with Gasteiger partial charge in [-0.2, -0.15) is 0 Å². The molecule has 0 atom stereocenters. The zero-order valence-electron chi connectivity index (χ0n) is 7.49. The quantitative estimate of drug-likeness (QED) is 0.721. The van der Waals surface area contributed by atoms with Crippen LogP contribution in [-0.2, 0) is 4.79 Å². The number of hydrogen-bond donors (Lipinski definition) is 2. The Hall–Kier alpha value is -1.42. The van der Waals surface area contributed by atoms with Gasteiger partial charge < -0.3 is 10.5 Å². The second-order valence-corrected chi connectivity index (χ2v) is 3.90. The standard InChI is InChI=1S/C10H10N2OS/c11-10(13)6-8-5-7-3-1-2-4-9(7)14-12-8/h1-5,12H,6H2,(H2,11,13). The summed E-state index contributed by atoms with van der Waals surface area (Å²) in [6.07, 6.45) is 2.22. The first-order valence-corrected chi connectivity index (χ1v) is 5.08. The summed E-state index contributed by atoms with van der Waals surface area (Å²) in [4.78, 5) is 11.9. The summed E-state index contributed by atoms with van der Waals surface area (Å²) in [7, 11) is 0. The van der Waals surface area contributed by atoms with Gasteiger partial charge in [-0.15, -0.1) is 0 Å². The number of amides is 1. The second kappa shape index (κ2) is 3.75. The molecule has 0 saturated carbocycles. The third-order valence-corrected chi connectivity index (χ3v) is 2.86. The first kappa shape index (κ1) is 9.15. The summed E-state index contributed by atoms with van der Waals surface area (Å²) in [6, 6.07) is 8.01. The van der Waals surface area contributed by atoms with Crippen LogP contribution in [0.15, 0.2) is 34.9 Å². The molecule has 0 unspecified atom stereocenters. The van der Waals surface area contributed by atoms with Gasteiger partial charge in [0, 0.05) is 10.6 Å². The SMILES string of the molecule is NC(=O)CC1=Cc2ccccc2SN1. The molecule has 1 heterocycles. The summed E-state index contributed by atoms with van der Waals surface area (Å²) in [6.45, 7) is 0. The number of rotatable bonds is 2. The second-order valence-electron chi connectivity index (χ2n) is 3.05.